The second kappa shape index (κ2) is 4.47. The van der Waals surface area contributed by atoms with E-state index in [-0.39, 0.29) is 12.4 Å². The highest BCUT2D eigenvalue weighted by Crippen LogP contribution is 2.29. The van der Waals surface area contributed by atoms with Crippen LogP contribution < -0.4 is 0 Å². The van der Waals surface area contributed by atoms with Gasteiger partial charge in [-0.3, -0.25) is 4.79 Å². The Morgan fingerprint density at radius 1 is 1.67 bits per heavy atom. The van der Waals surface area contributed by atoms with Crippen molar-refractivity contribution in [3.63, 3.8) is 0 Å². The Labute approximate surface area is 89.2 Å². The lowest BCUT2D eigenvalue weighted by Gasteiger charge is -2.34. The molecule has 15 heavy (non-hydrogen) atoms. The summed E-state index contributed by atoms with van der Waals surface area (Å²) in [7, 11) is 0. The predicted molar refractivity (Wildman–Crippen MR) is 54.1 cm³/mol. The van der Waals surface area contributed by atoms with E-state index in [0.717, 1.165) is 0 Å². The Balaban J connectivity index is 2.71. The summed E-state index contributed by atoms with van der Waals surface area (Å²) in [6, 6.07) is 0. The second-order valence-electron chi connectivity index (χ2n) is 3.85. The molecule has 0 amide bonds. The summed E-state index contributed by atoms with van der Waals surface area (Å²) in [5.41, 5.74) is -0.340. The smallest absolute Gasteiger partial charge is 0.333 e. The van der Waals surface area contributed by atoms with E-state index in [2.05, 4.69) is 6.58 Å². The SMILES string of the molecule is C=C(C)C(=O)OC1(CC)CCOC(=O)C1. The summed E-state index contributed by atoms with van der Waals surface area (Å²) in [6.07, 6.45) is 1.32. The van der Waals surface area contributed by atoms with Crippen LogP contribution in [0.3, 0.4) is 0 Å². The van der Waals surface area contributed by atoms with Gasteiger partial charge >= 0.3 is 11.9 Å². The van der Waals surface area contributed by atoms with Gasteiger partial charge in [0.1, 0.15) is 5.60 Å². The lowest BCUT2D eigenvalue weighted by atomic mass is 9.91. The molecule has 4 heteroatoms. The van der Waals surface area contributed by atoms with E-state index in [4.69, 9.17) is 9.47 Å². The third-order valence-corrected chi connectivity index (χ3v) is 2.59. The third kappa shape index (κ3) is 2.81. The van der Waals surface area contributed by atoms with Crippen LogP contribution in [0.25, 0.3) is 0 Å². The minimum Gasteiger partial charge on any atom is -0.465 e. The van der Waals surface area contributed by atoms with Crippen LogP contribution in [0, 0.1) is 0 Å². The maximum absolute atomic E-state index is 11.4. The number of carbonyl (C=O) groups is 2. The second-order valence-corrected chi connectivity index (χ2v) is 3.85. The lowest BCUT2D eigenvalue weighted by molar-refractivity contribution is -0.175. The van der Waals surface area contributed by atoms with Crippen molar-refractivity contribution in [2.45, 2.75) is 38.7 Å². The molecular formula is C11H16O4. The van der Waals surface area contributed by atoms with Gasteiger partial charge in [-0.05, 0) is 13.3 Å². The third-order valence-electron chi connectivity index (χ3n) is 2.59. The van der Waals surface area contributed by atoms with Gasteiger partial charge in [0.2, 0.25) is 0 Å². The van der Waals surface area contributed by atoms with E-state index < -0.39 is 11.6 Å². The summed E-state index contributed by atoms with van der Waals surface area (Å²) in [5.74, 6) is -0.746. The molecule has 1 unspecified atom stereocenters. The van der Waals surface area contributed by atoms with Gasteiger partial charge in [-0.1, -0.05) is 13.5 Å². The average molecular weight is 212 g/mol. The van der Waals surface area contributed by atoms with Gasteiger partial charge in [-0.2, -0.15) is 0 Å². The first kappa shape index (κ1) is 11.8. The molecule has 1 aliphatic heterocycles. The molecule has 0 aromatic rings. The van der Waals surface area contributed by atoms with Gasteiger partial charge in [0.05, 0.1) is 13.0 Å². The van der Waals surface area contributed by atoms with Gasteiger partial charge in [0, 0.05) is 12.0 Å². The Morgan fingerprint density at radius 2 is 2.33 bits per heavy atom. The van der Waals surface area contributed by atoms with Crippen molar-refractivity contribution >= 4 is 11.9 Å². The van der Waals surface area contributed by atoms with E-state index in [1.807, 2.05) is 6.92 Å². The number of ether oxygens (including phenoxy) is 2. The van der Waals surface area contributed by atoms with Gasteiger partial charge in [-0.15, -0.1) is 0 Å². The van der Waals surface area contributed by atoms with Gasteiger partial charge in [-0.25, -0.2) is 4.79 Å². The van der Waals surface area contributed by atoms with Gasteiger partial charge < -0.3 is 9.47 Å². The number of esters is 2. The number of carbonyl (C=O) groups excluding carboxylic acids is 2. The molecule has 0 N–H and O–H groups in total. The highest BCUT2D eigenvalue weighted by atomic mass is 16.6. The van der Waals surface area contributed by atoms with Gasteiger partial charge in [0.25, 0.3) is 0 Å². The van der Waals surface area contributed by atoms with E-state index in [0.29, 0.717) is 25.0 Å². The fourth-order valence-corrected chi connectivity index (χ4v) is 1.50. The molecular weight excluding hydrogens is 196 g/mol. The molecule has 84 valence electrons. The number of cyclic esters (lactones) is 1. The molecule has 0 aromatic carbocycles. The zero-order valence-electron chi connectivity index (χ0n) is 9.17. The summed E-state index contributed by atoms with van der Waals surface area (Å²) in [4.78, 5) is 22.6. The molecule has 0 bridgehead atoms. The maximum atomic E-state index is 11.4. The van der Waals surface area contributed by atoms with Crippen LogP contribution in [0.4, 0.5) is 0 Å². The van der Waals surface area contributed by atoms with Crippen LogP contribution in [0.1, 0.15) is 33.1 Å². The Hall–Kier alpha value is -1.32. The fraction of sp³-hybridized carbons (Fsp3) is 0.636. The Kier molecular flexibility index (Phi) is 3.50. The fourth-order valence-electron chi connectivity index (χ4n) is 1.50. The monoisotopic (exact) mass is 212 g/mol. The summed E-state index contributed by atoms with van der Waals surface area (Å²) < 4.78 is 10.1. The largest absolute Gasteiger partial charge is 0.465 e. The topological polar surface area (TPSA) is 52.6 Å². The molecule has 1 rings (SSSR count). The van der Waals surface area contributed by atoms with E-state index in [1.165, 1.54) is 0 Å². The first-order valence-corrected chi connectivity index (χ1v) is 5.03. The zero-order valence-corrected chi connectivity index (χ0v) is 9.17. The minimum absolute atomic E-state index is 0.141. The molecule has 4 nitrogen and oxygen atoms in total. The predicted octanol–water partition coefficient (Wildman–Crippen LogP) is 1.59. The van der Waals surface area contributed by atoms with Crippen molar-refractivity contribution in [2.75, 3.05) is 6.61 Å². The number of hydrogen-bond acceptors (Lipinski definition) is 4. The number of rotatable bonds is 3. The molecule has 1 saturated heterocycles. The lowest BCUT2D eigenvalue weighted by Crippen LogP contribution is -2.42. The van der Waals surface area contributed by atoms with Crippen molar-refractivity contribution in [1.82, 2.24) is 0 Å². The van der Waals surface area contributed by atoms with E-state index in [1.54, 1.807) is 6.92 Å². The maximum Gasteiger partial charge on any atom is 0.333 e. The minimum atomic E-state index is -0.689. The molecule has 0 saturated carbocycles. The first-order chi connectivity index (χ1) is 6.99. The van der Waals surface area contributed by atoms with Crippen LogP contribution in [0.15, 0.2) is 12.2 Å². The highest BCUT2D eigenvalue weighted by Gasteiger charge is 2.39. The highest BCUT2D eigenvalue weighted by molar-refractivity contribution is 5.87. The van der Waals surface area contributed by atoms with E-state index in [9.17, 15) is 9.59 Å². The van der Waals surface area contributed by atoms with Crippen molar-refractivity contribution in [3.8, 4) is 0 Å². The zero-order chi connectivity index (χ0) is 11.5. The summed E-state index contributed by atoms with van der Waals surface area (Å²) in [5, 5.41) is 0. The molecule has 1 aliphatic rings. The van der Waals surface area contributed by atoms with E-state index >= 15 is 0 Å². The summed E-state index contributed by atoms with van der Waals surface area (Å²) >= 11 is 0. The molecule has 1 atom stereocenters. The quantitative estimate of drug-likeness (QED) is 0.526. The van der Waals surface area contributed by atoms with Crippen LogP contribution in [-0.4, -0.2) is 24.1 Å². The summed E-state index contributed by atoms with van der Waals surface area (Å²) in [6.45, 7) is 7.31. The average Bonchev–Trinajstić information content (AvgIpc) is 2.17. The normalized spacial score (nSPS) is 25.6. The molecule has 0 spiro atoms. The van der Waals surface area contributed by atoms with Crippen LogP contribution >= 0.6 is 0 Å². The first-order valence-electron chi connectivity index (χ1n) is 5.03. The van der Waals surface area contributed by atoms with Crippen molar-refractivity contribution < 1.29 is 19.1 Å². The van der Waals surface area contributed by atoms with Gasteiger partial charge in [0.15, 0.2) is 0 Å². The van der Waals surface area contributed by atoms with Crippen LogP contribution in [-0.2, 0) is 19.1 Å². The Morgan fingerprint density at radius 3 is 2.80 bits per heavy atom. The molecule has 0 aromatic heterocycles. The van der Waals surface area contributed by atoms with Crippen molar-refractivity contribution in [1.29, 1.82) is 0 Å². The van der Waals surface area contributed by atoms with Crippen molar-refractivity contribution in [2.24, 2.45) is 0 Å². The standard InChI is InChI=1S/C11H16O4/c1-4-11(15-10(13)8(2)3)5-6-14-9(12)7-11/h2,4-7H2,1,3H3. The van der Waals surface area contributed by atoms with Crippen molar-refractivity contribution in [3.05, 3.63) is 12.2 Å². The number of hydrogen-bond donors (Lipinski definition) is 0. The molecule has 1 heterocycles. The Bertz CT molecular complexity index is 295. The molecule has 1 fully saturated rings. The van der Waals surface area contributed by atoms with Crippen LogP contribution in [0.2, 0.25) is 0 Å². The van der Waals surface area contributed by atoms with Crippen LogP contribution in [0.5, 0.6) is 0 Å². The molecule has 0 aliphatic carbocycles. The molecule has 0 radical (unpaired) electrons.